The monoisotopic (exact) mass is 266 g/mol. The third-order valence-electron chi connectivity index (χ3n) is 3.22. The van der Waals surface area contributed by atoms with Gasteiger partial charge in [-0.1, -0.05) is 6.92 Å². The highest BCUT2D eigenvalue weighted by Crippen LogP contribution is 2.47. The zero-order valence-corrected chi connectivity index (χ0v) is 12.1. The minimum Gasteiger partial charge on any atom is -0.490 e. The van der Waals surface area contributed by atoms with E-state index in [0.717, 1.165) is 6.42 Å². The number of carbonyl (C=O) groups excluding carboxylic acids is 1. The van der Waals surface area contributed by atoms with Gasteiger partial charge in [0.05, 0.1) is 19.0 Å². The van der Waals surface area contributed by atoms with Crippen molar-refractivity contribution in [3.8, 4) is 5.75 Å². The molecule has 5 heteroatoms. The molecular weight excluding hydrogens is 244 g/mol. The van der Waals surface area contributed by atoms with Gasteiger partial charge in [0.1, 0.15) is 5.60 Å². The van der Waals surface area contributed by atoms with Crippen LogP contribution in [0.25, 0.3) is 0 Å². The Bertz CT molecular complexity index is 456. The summed E-state index contributed by atoms with van der Waals surface area (Å²) in [5.74, 6) is 0.607. The first-order valence-electron chi connectivity index (χ1n) is 6.68. The maximum Gasteiger partial charge on any atom is 0.435 e. The molecule has 0 radical (unpaired) electrons. The molecule has 1 aromatic heterocycles. The lowest BCUT2D eigenvalue weighted by atomic mass is 10.1. The average molecular weight is 266 g/mol. The second kappa shape index (κ2) is 4.87. The van der Waals surface area contributed by atoms with Crippen molar-refractivity contribution in [3.05, 3.63) is 12.4 Å². The van der Waals surface area contributed by atoms with Crippen molar-refractivity contribution >= 4 is 6.09 Å². The Morgan fingerprint density at radius 2 is 2.16 bits per heavy atom. The Labute approximate surface area is 113 Å². The first kappa shape index (κ1) is 13.9. The molecular formula is C14H22N2O3. The number of ether oxygens (including phenoxy) is 2. The lowest BCUT2D eigenvalue weighted by molar-refractivity contribution is 0.0514. The minimum atomic E-state index is -0.523. The minimum absolute atomic E-state index is 0.473. The topological polar surface area (TPSA) is 53.4 Å². The molecule has 5 nitrogen and oxygen atoms in total. The lowest BCUT2D eigenvalue weighted by Crippen LogP contribution is -2.27. The second-order valence-electron chi connectivity index (χ2n) is 6.51. The van der Waals surface area contributed by atoms with Crippen LogP contribution >= 0.6 is 0 Å². The summed E-state index contributed by atoms with van der Waals surface area (Å²) in [6, 6.07) is 0. The van der Waals surface area contributed by atoms with Gasteiger partial charge >= 0.3 is 6.09 Å². The molecule has 0 aromatic carbocycles. The van der Waals surface area contributed by atoms with E-state index < -0.39 is 11.7 Å². The van der Waals surface area contributed by atoms with Gasteiger partial charge in [-0.2, -0.15) is 9.78 Å². The molecule has 106 valence electrons. The van der Waals surface area contributed by atoms with Crippen LogP contribution in [0.15, 0.2) is 12.4 Å². The van der Waals surface area contributed by atoms with Gasteiger partial charge in [-0.3, -0.25) is 0 Å². The van der Waals surface area contributed by atoms with Gasteiger partial charge in [0.15, 0.2) is 5.75 Å². The Hall–Kier alpha value is -1.52. The summed E-state index contributed by atoms with van der Waals surface area (Å²) in [6.07, 6.45) is 6.23. The maximum absolute atomic E-state index is 11.7. The van der Waals surface area contributed by atoms with Gasteiger partial charge in [0.25, 0.3) is 0 Å². The standard InChI is InChI=1S/C14H22N2O3/c1-13(2,3)19-12(17)16-10-11(9-15-16)18-8-7-14(4)5-6-14/h9-10H,5-8H2,1-4H3. The summed E-state index contributed by atoms with van der Waals surface area (Å²) < 4.78 is 12.0. The molecule has 0 atom stereocenters. The zero-order chi connectivity index (χ0) is 14.1. The van der Waals surface area contributed by atoms with Crippen molar-refractivity contribution in [2.75, 3.05) is 6.61 Å². The van der Waals surface area contributed by atoms with Crippen molar-refractivity contribution < 1.29 is 14.3 Å². The average Bonchev–Trinajstić information content (AvgIpc) is 2.83. The molecule has 0 saturated heterocycles. The van der Waals surface area contributed by atoms with Crippen molar-refractivity contribution in [2.24, 2.45) is 5.41 Å². The molecule has 1 aliphatic carbocycles. The summed E-state index contributed by atoms with van der Waals surface area (Å²) in [6.45, 7) is 8.39. The molecule has 0 unspecified atom stereocenters. The molecule has 1 saturated carbocycles. The maximum atomic E-state index is 11.7. The van der Waals surface area contributed by atoms with Crippen LogP contribution < -0.4 is 4.74 Å². The van der Waals surface area contributed by atoms with Crippen molar-refractivity contribution in [2.45, 2.75) is 52.6 Å². The highest BCUT2D eigenvalue weighted by Gasteiger charge is 2.36. The predicted octanol–water partition coefficient (Wildman–Crippen LogP) is 3.24. The van der Waals surface area contributed by atoms with Crippen molar-refractivity contribution in [1.29, 1.82) is 0 Å². The molecule has 0 spiro atoms. The quantitative estimate of drug-likeness (QED) is 0.839. The van der Waals surface area contributed by atoms with E-state index in [1.54, 1.807) is 12.4 Å². The molecule has 2 rings (SSSR count). The third kappa shape index (κ3) is 4.26. The highest BCUT2D eigenvalue weighted by molar-refractivity contribution is 5.70. The molecule has 0 bridgehead atoms. The molecule has 1 aliphatic rings. The number of rotatable bonds is 4. The van der Waals surface area contributed by atoms with Gasteiger partial charge in [0.2, 0.25) is 0 Å². The molecule has 1 fully saturated rings. The number of aromatic nitrogens is 2. The van der Waals surface area contributed by atoms with Gasteiger partial charge < -0.3 is 9.47 Å². The van der Waals surface area contributed by atoms with Crippen LogP contribution in [-0.4, -0.2) is 28.1 Å². The SMILES string of the molecule is CC1(CCOc2cnn(C(=O)OC(C)(C)C)c2)CC1. The van der Waals surface area contributed by atoms with E-state index in [9.17, 15) is 4.79 Å². The summed E-state index contributed by atoms with van der Waals surface area (Å²) in [5.41, 5.74) is -0.0498. The summed E-state index contributed by atoms with van der Waals surface area (Å²) in [4.78, 5) is 11.7. The smallest absolute Gasteiger partial charge is 0.435 e. The summed E-state index contributed by atoms with van der Waals surface area (Å²) in [7, 11) is 0. The fourth-order valence-corrected chi connectivity index (χ4v) is 1.67. The van der Waals surface area contributed by atoms with Crippen LogP contribution in [-0.2, 0) is 4.74 Å². The largest absolute Gasteiger partial charge is 0.490 e. The first-order chi connectivity index (χ1) is 8.77. The van der Waals surface area contributed by atoms with E-state index in [2.05, 4.69) is 12.0 Å². The van der Waals surface area contributed by atoms with Gasteiger partial charge in [-0.05, 0) is 45.4 Å². The number of carbonyl (C=O) groups is 1. The Morgan fingerprint density at radius 1 is 1.47 bits per heavy atom. The highest BCUT2D eigenvalue weighted by atomic mass is 16.6. The van der Waals surface area contributed by atoms with Crippen LogP contribution in [0.1, 0.15) is 47.0 Å². The van der Waals surface area contributed by atoms with Crippen LogP contribution in [0.3, 0.4) is 0 Å². The summed E-state index contributed by atoms with van der Waals surface area (Å²) in [5, 5.41) is 3.95. The molecule has 19 heavy (non-hydrogen) atoms. The zero-order valence-electron chi connectivity index (χ0n) is 12.1. The number of nitrogens with zero attached hydrogens (tertiary/aromatic N) is 2. The fourth-order valence-electron chi connectivity index (χ4n) is 1.67. The van der Waals surface area contributed by atoms with Crippen molar-refractivity contribution in [3.63, 3.8) is 0 Å². The van der Waals surface area contributed by atoms with Crippen LogP contribution in [0.2, 0.25) is 0 Å². The van der Waals surface area contributed by atoms with Crippen molar-refractivity contribution in [1.82, 2.24) is 9.78 Å². The van der Waals surface area contributed by atoms with E-state index in [1.165, 1.54) is 17.5 Å². The predicted molar refractivity (Wildman–Crippen MR) is 71.3 cm³/mol. The van der Waals surface area contributed by atoms with Crippen LogP contribution in [0, 0.1) is 5.41 Å². The van der Waals surface area contributed by atoms with E-state index in [1.807, 2.05) is 20.8 Å². The van der Waals surface area contributed by atoms with E-state index >= 15 is 0 Å². The van der Waals surface area contributed by atoms with Gasteiger partial charge in [-0.15, -0.1) is 0 Å². The Balaban J connectivity index is 1.82. The normalized spacial score (nSPS) is 17.1. The first-order valence-corrected chi connectivity index (χ1v) is 6.68. The van der Waals surface area contributed by atoms with E-state index in [4.69, 9.17) is 9.47 Å². The number of hydrogen-bond acceptors (Lipinski definition) is 4. The fraction of sp³-hybridized carbons (Fsp3) is 0.714. The molecule has 0 N–H and O–H groups in total. The molecule has 0 amide bonds. The molecule has 0 aliphatic heterocycles. The second-order valence-corrected chi connectivity index (χ2v) is 6.51. The number of hydrogen-bond donors (Lipinski definition) is 0. The van der Waals surface area contributed by atoms with Gasteiger partial charge in [-0.25, -0.2) is 4.79 Å². The summed E-state index contributed by atoms with van der Waals surface area (Å²) >= 11 is 0. The van der Waals surface area contributed by atoms with Gasteiger partial charge in [0, 0.05) is 0 Å². The molecule has 1 aromatic rings. The van der Waals surface area contributed by atoms with Crippen LogP contribution in [0.4, 0.5) is 4.79 Å². The van der Waals surface area contributed by atoms with E-state index in [0.29, 0.717) is 17.8 Å². The molecule has 1 heterocycles. The third-order valence-corrected chi connectivity index (χ3v) is 3.22. The Kier molecular flexibility index (Phi) is 3.56. The van der Waals surface area contributed by atoms with E-state index in [-0.39, 0.29) is 0 Å². The Morgan fingerprint density at radius 3 is 2.74 bits per heavy atom. The lowest BCUT2D eigenvalue weighted by Gasteiger charge is -2.18. The van der Waals surface area contributed by atoms with Crippen LogP contribution in [0.5, 0.6) is 5.75 Å².